The van der Waals surface area contributed by atoms with Gasteiger partial charge in [0, 0.05) is 22.3 Å². The number of H-pyrrole nitrogens is 1. The Labute approximate surface area is 117 Å². The van der Waals surface area contributed by atoms with Crippen molar-refractivity contribution >= 4 is 32.8 Å². The zero-order valence-corrected chi connectivity index (χ0v) is 11.6. The highest BCUT2D eigenvalue weighted by Gasteiger charge is 2.06. The van der Waals surface area contributed by atoms with Crippen molar-refractivity contribution in [3.8, 4) is 5.75 Å². The van der Waals surface area contributed by atoms with Crippen LogP contribution in [0.2, 0.25) is 0 Å². The lowest BCUT2D eigenvalue weighted by molar-refractivity contribution is -0.137. The van der Waals surface area contributed by atoms with E-state index in [1.165, 1.54) is 6.07 Å². The fourth-order valence-corrected chi connectivity index (χ4v) is 2.08. The number of nitrogens with one attached hydrogen (secondary N) is 1. The summed E-state index contributed by atoms with van der Waals surface area (Å²) in [6.07, 6.45) is 0.447. The molecule has 1 heterocycles. The summed E-state index contributed by atoms with van der Waals surface area (Å²) in [5.74, 6) is -0.396. The van der Waals surface area contributed by atoms with Gasteiger partial charge in [-0.3, -0.25) is 9.59 Å². The third kappa shape index (κ3) is 3.57. The van der Waals surface area contributed by atoms with E-state index in [0.29, 0.717) is 17.7 Å². The number of aliphatic carboxylic acids is 1. The Morgan fingerprint density at radius 2 is 2.16 bits per heavy atom. The SMILES string of the molecule is O=C(O)CCCOc1cc(=O)[nH]c2ccc(Br)cc12. The normalized spacial score (nSPS) is 10.6. The molecule has 5 nitrogen and oxygen atoms in total. The Bertz CT molecular complexity index is 665. The maximum Gasteiger partial charge on any atom is 0.303 e. The largest absolute Gasteiger partial charge is 0.493 e. The smallest absolute Gasteiger partial charge is 0.303 e. The summed E-state index contributed by atoms with van der Waals surface area (Å²) in [7, 11) is 0. The number of halogens is 1. The summed E-state index contributed by atoms with van der Waals surface area (Å²) in [4.78, 5) is 24.6. The quantitative estimate of drug-likeness (QED) is 0.828. The van der Waals surface area contributed by atoms with Crippen molar-refractivity contribution in [2.75, 3.05) is 6.61 Å². The molecular weight excluding hydrogens is 314 g/mol. The van der Waals surface area contributed by atoms with Crippen LogP contribution < -0.4 is 10.3 Å². The summed E-state index contributed by atoms with van der Waals surface area (Å²) >= 11 is 3.36. The van der Waals surface area contributed by atoms with Crippen LogP contribution >= 0.6 is 15.9 Å². The molecule has 2 rings (SSSR count). The number of hydrogen-bond donors (Lipinski definition) is 2. The molecule has 0 radical (unpaired) electrons. The molecule has 0 spiro atoms. The lowest BCUT2D eigenvalue weighted by atomic mass is 10.2. The second-order valence-corrected chi connectivity index (χ2v) is 4.95. The van der Waals surface area contributed by atoms with Gasteiger partial charge in [-0.05, 0) is 24.6 Å². The summed E-state index contributed by atoms with van der Waals surface area (Å²) in [6.45, 7) is 0.261. The number of benzene rings is 1. The minimum absolute atomic E-state index is 0.0464. The molecular formula is C13H12BrNO4. The minimum atomic E-state index is -0.859. The van der Waals surface area contributed by atoms with Crippen molar-refractivity contribution in [1.29, 1.82) is 0 Å². The van der Waals surface area contributed by atoms with Gasteiger partial charge in [0.25, 0.3) is 5.56 Å². The number of aromatic amines is 1. The number of carbonyl (C=O) groups is 1. The molecule has 19 heavy (non-hydrogen) atoms. The van der Waals surface area contributed by atoms with Gasteiger partial charge in [-0.15, -0.1) is 0 Å². The first-order valence-corrected chi connectivity index (χ1v) is 6.53. The first-order valence-electron chi connectivity index (χ1n) is 5.73. The van der Waals surface area contributed by atoms with Crippen LogP contribution in [-0.4, -0.2) is 22.7 Å². The summed E-state index contributed by atoms with van der Waals surface area (Å²) < 4.78 is 6.38. The molecule has 0 amide bonds. The van der Waals surface area contributed by atoms with E-state index < -0.39 is 5.97 Å². The maximum absolute atomic E-state index is 11.5. The van der Waals surface area contributed by atoms with Gasteiger partial charge in [0.2, 0.25) is 0 Å². The minimum Gasteiger partial charge on any atom is -0.493 e. The lowest BCUT2D eigenvalue weighted by Crippen LogP contribution is -2.08. The second-order valence-electron chi connectivity index (χ2n) is 4.03. The lowest BCUT2D eigenvalue weighted by Gasteiger charge is -2.08. The number of carboxylic acids is 1. The van der Waals surface area contributed by atoms with Crippen LogP contribution in [0.25, 0.3) is 10.9 Å². The fourth-order valence-electron chi connectivity index (χ4n) is 1.72. The Kier molecular flexibility index (Phi) is 4.21. The molecule has 0 aliphatic heterocycles. The monoisotopic (exact) mass is 325 g/mol. The van der Waals surface area contributed by atoms with Crippen molar-refractivity contribution in [3.05, 3.63) is 39.1 Å². The molecule has 0 aliphatic rings. The highest BCUT2D eigenvalue weighted by Crippen LogP contribution is 2.25. The van der Waals surface area contributed by atoms with Crippen LogP contribution in [0.5, 0.6) is 5.75 Å². The highest BCUT2D eigenvalue weighted by atomic mass is 79.9. The van der Waals surface area contributed by atoms with Crippen molar-refractivity contribution in [2.24, 2.45) is 0 Å². The van der Waals surface area contributed by atoms with Gasteiger partial charge >= 0.3 is 5.97 Å². The van der Waals surface area contributed by atoms with E-state index >= 15 is 0 Å². The van der Waals surface area contributed by atoms with E-state index in [-0.39, 0.29) is 18.6 Å². The van der Waals surface area contributed by atoms with Crippen LogP contribution in [0.1, 0.15) is 12.8 Å². The molecule has 0 bridgehead atoms. The molecule has 2 N–H and O–H groups in total. The van der Waals surface area contributed by atoms with Gasteiger partial charge in [-0.2, -0.15) is 0 Å². The van der Waals surface area contributed by atoms with Gasteiger partial charge in [-0.25, -0.2) is 0 Å². The molecule has 0 unspecified atom stereocenters. The number of carboxylic acid groups (broad SMARTS) is 1. The van der Waals surface area contributed by atoms with Gasteiger partial charge in [0.1, 0.15) is 5.75 Å². The van der Waals surface area contributed by atoms with Gasteiger partial charge < -0.3 is 14.8 Å². The molecule has 6 heteroatoms. The standard InChI is InChI=1S/C13H12BrNO4/c14-8-3-4-10-9(6-8)11(7-12(16)15-10)19-5-1-2-13(17)18/h3-4,6-7H,1-2,5H2,(H,15,16)(H,17,18). The predicted molar refractivity (Wildman–Crippen MR) is 74.6 cm³/mol. The number of rotatable bonds is 5. The first kappa shape index (κ1) is 13.6. The van der Waals surface area contributed by atoms with Gasteiger partial charge in [0.15, 0.2) is 0 Å². The van der Waals surface area contributed by atoms with Crippen LogP contribution in [0.3, 0.4) is 0 Å². The van der Waals surface area contributed by atoms with Crippen molar-refractivity contribution < 1.29 is 14.6 Å². The molecule has 0 saturated carbocycles. The third-order valence-corrected chi connectivity index (χ3v) is 3.05. The van der Waals surface area contributed by atoms with Crippen LogP contribution in [0.4, 0.5) is 0 Å². The molecule has 0 saturated heterocycles. The zero-order chi connectivity index (χ0) is 13.8. The molecule has 0 atom stereocenters. The number of ether oxygens (including phenoxy) is 1. The van der Waals surface area contributed by atoms with Crippen LogP contribution in [0.15, 0.2) is 33.5 Å². The molecule has 100 valence electrons. The third-order valence-electron chi connectivity index (χ3n) is 2.56. The zero-order valence-electron chi connectivity index (χ0n) is 9.98. The number of aromatic nitrogens is 1. The number of hydrogen-bond acceptors (Lipinski definition) is 3. The first-order chi connectivity index (χ1) is 9.06. The maximum atomic E-state index is 11.5. The van der Waals surface area contributed by atoms with Gasteiger partial charge in [-0.1, -0.05) is 15.9 Å². The van der Waals surface area contributed by atoms with Crippen molar-refractivity contribution in [1.82, 2.24) is 4.98 Å². The van der Waals surface area contributed by atoms with Crippen LogP contribution in [0, 0.1) is 0 Å². The Balaban J connectivity index is 2.23. The summed E-state index contributed by atoms with van der Waals surface area (Å²) in [5, 5.41) is 9.33. The van der Waals surface area contributed by atoms with E-state index in [1.807, 2.05) is 12.1 Å². The fraction of sp³-hybridized carbons (Fsp3) is 0.231. The second kappa shape index (κ2) is 5.88. The summed E-state index contributed by atoms with van der Waals surface area (Å²) in [6, 6.07) is 6.82. The predicted octanol–water partition coefficient (Wildman–Crippen LogP) is 2.53. The number of pyridine rings is 1. The molecule has 1 aromatic heterocycles. The molecule has 0 aliphatic carbocycles. The summed E-state index contributed by atoms with van der Waals surface area (Å²) in [5.41, 5.74) is 0.437. The molecule has 1 aromatic carbocycles. The van der Waals surface area contributed by atoms with Crippen molar-refractivity contribution in [3.63, 3.8) is 0 Å². The van der Waals surface area contributed by atoms with E-state index in [4.69, 9.17) is 9.84 Å². The Morgan fingerprint density at radius 1 is 1.37 bits per heavy atom. The molecule has 2 aromatic rings. The topological polar surface area (TPSA) is 79.4 Å². The van der Waals surface area contributed by atoms with E-state index in [1.54, 1.807) is 6.07 Å². The van der Waals surface area contributed by atoms with E-state index in [2.05, 4.69) is 20.9 Å². The number of fused-ring (bicyclic) bond motifs is 1. The van der Waals surface area contributed by atoms with Gasteiger partial charge in [0.05, 0.1) is 12.1 Å². The van der Waals surface area contributed by atoms with E-state index in [9.17, 15) is 9.59 Å². The van der Waals surface area contributed by atoms with Crippen LogP contribution in [-0.2, 0) is 4.79 Å². The highest BCUT2D eigenvalue weighted by molar-refractivity contribution is 9.10. The molecule has 0 fully saturated rings. The van der Waals surface area contributed by atoms with Crippen molar-refractivity contribution in [2.45, 2.75) is 12.8 Å². The van der Waals surface area contributed by atoms with E-state index in [0.717, 1.165) is 9.86 Å². The Hall–Kier alpha value is -1.82. The Morgan fingerprint density at radius 3 is 2.89 bits per heavy atom. The average molecular weight is 326 g/mol. The average Bonchev–Trinajstić information content (AvgIpc) is 2.35.